The SMILES string of the molecule is Cn1nc(NC(=O)O)c2cc([N+](=O)[O-])ccc21. The molecule has 0 saturated carbocycles. The minimum atomic E-state index is -1.27. The van der Waals surface area contributed by atoms with Crippen molar-refractivity contribution in [3.8, 4) is 0 Å². The van der Waals surface area contributed by atoms with Gasteiger partial charge in [0.25, 0.3) is 5.69 Å². The summed E-state index contributed by atoms with van der Waals surface area (Å²) in [5.74, 6) is 0.0821. The Kier molecular flexibility index (Phi) is 2.39. The monoisotopic (exact) mass is 236 g/mol. The van der Waals surface area contributed by atoms with Crippen LogP contribution < -0.4 is 5.32 Å². The highest BCUT2D eigenvalue weighted by Crippen LogP contribution is 2.26. The van der Waals surface area contributed by atoms with E-state index in [9.17, 15) is 14.9 Å². The first-order valence-corrected chi connectivity index (χ1v) is 4.60. The smallest absolute Gasteiger partial charge is 0.410 e. The van der Waals surface area contributed by atoms with Gasteiger partial charge in [-0.1, -0.05) is 0 Å². The number of rotatable bonds is 2. The van der Waals surface area contributed by atoms with Crippen LogP contribution in [0, 0.1) is 10.1 Å². The topological polar surface area (TPSA) is 110 Å². The second-order valence-electron chi connectivity index (χ2n) is 3.36. The van der Waals surface area contributed by atoms with Crippen LogP contribution in [0.25, 0.3) is 10.9 Å². The molecule has 2 aromatic rings. The van der Waals surface area contributed by atoms with Crippen molar-refractivity contribution in [2.75, 3.05) is 5.32 Å². The molecule has 1 aromatic carbocycles. The fourth-order valence-corrected chi connectivity index (χ4v) is 1.56. The molecule has 8 nitrogen and oxygen atoms in total. The summed E-state index contributed by atoms with van der Waals surface area (Å²) in [6.07, 6.45) is -1.27. The highest BCUT2D eigenvalue weighted by atomic mass is 16.6. The number of nitrogens with one attached hydrogen (secondary N) is 1. The number of fused-ring (bicyclic) bond motifs is 1. The van der Waals surface area contributed by atoms with E-state index in [1.54, 1.807) is 7.05 Å². The molecule has 17 heavy (non-hydrogen) atoms. The number of benzene rings is 1. The molecule has 0 atom stereocenters. The summed E-state index contributed by atoms with van der Waals surface area (Å²) >= 11 is 0. The second kappa shape index (κ2) is 3.74. The van der Waals surface area contributed by atoms with E-state index in [1.807, 2.05) is 0 Å². The zero-order chi connectivity index (χ0) is 12.6. The van der Waals surface area contributed by atoms with Gasteiger partial charge in [-0.15, -0.1) is 0 Å². The van der Waals surface area contributed by atoms with Crippen LogP contribution in [0.4, 0.5) is 16.3 Å². The van der Waals surface area contributed by atoms with Crippen molar-refractivity contribution >= 4 is 28.5 Å². The first kappa shape index (κ1) is 10.9. The first-order valence-electron chi connectivity index (χ1n) is 4.60. The Labute approximate surface area is 94.6 Å². The zero-order valence-corrected chi connectivity index (χ0v) is 8.75. The van der Waals surface area contributed by atoms with Crippen LogP contribution in [-0.4, -0.2) is 25.9 Å². The summed E-state index contributed by atoms with van der Waals surface area (Å²) in [6, 6.07) is 4.15. The van der Waals surface area contributed by atoms with Crippen molar-refractivity contribution in [3.63, 3.8) is 0 Å². The third-order valence-corrected chi connectivity index (χ3v) is 2.27. The molecule has 0 saturated heterocycles. The predicted octanol–water partition coefficient (Wildman–Crippen LogP) is 1.57. The van der Waals surface area contributed by atoms with Crippen molar-refractivity contribution in [1.29, 1.82) is 0 Å². The fourth-order valence-electron chi connectivity index (χ4n) is 1.56. The molecule has 0 aliphatic rings. The molecule has 88 valence electrons. The predicted molar refractivity (Wildman–Crippen MR) is 59.0 cm³/mol. The van der Waals surface area contributed by atoms with E-state index >= 15 is 0 Å². The van der Waals surface area contributed by atoms with Gasteiger partial charge in [0.2, 0.25) is 0 Å². The van der Waals surface area contributed by atoms with Crippen molar-refractivity contribution in [2.45, 2.75) is 0 Å². The number of aromatic nitrogens is 2. The molecule has 0 bridgehead atoms. The molecule has 1 amide bonds. The average Bonchev–Trinajstić information content (AvgIpc) is 2.54. The van der Waals surface area contributed by atoms with Gasteiger partial charge in [-0.05, 0) is 6.07 Å². The quantitative estimate of drug-likeness (QED) is 0.607. The lowest BCUT2D eigenvalue weighted by atomic mass is 10.2. The second-order valence-corrected chi connectivity index (χ2v) is 3.36. The molecule has 0 unspecified atom stereocenters. The standard InChI is InChI=1S/C9H8N4O4/c1-12-7-3-2-5(13(16)17)4-6(7)8(11-12)10-9(14)15/h2-4H,1H3,(H,10,11)(H,14,15). The van der Waals surface area contributed by atoms with Crippen LogP contribution in [-0.2, 0) is 7.05 Å². The van der Waals surface area contributed by atoms with E-state index in [0.717, 1.165) is 0 Å². The van der Waals surface area contributed by atoms with Gasteiger partial charge in [-0.3, -0.25) is 20.1 Å². The highest BCUT2D eigenvalue weighted by Gasteiger charge is 2.14. The highest BCUT2D eigenvalue weighted by molar-refractivity contribution is 5.97. The van der Waals surface area contributed by atoms with E-state index < -0.39 is 11.0 Å². The summed E-state index contributed by atoms with van der Waals surface area (Å²) < 4.78 is 1.45. The van der Waals surface area contributed by atoms with E-state index in [4.69, 9.17) is 5.11 Å². The number of aryl methyl sites for hydroxylation is 1. The minimum absolute atomic E-state index is 0.0821. The third kappa shape index (κ3) is 1.87. The summed E-state index contributed by atoms with van der Waals surface area (Å²) in [7, 11) is 1.63. The number of carboxylic acid groups (broad SMARTS) is 1. The summed E-state index contributed by atoms with van der Waals surface area (Å²) in [6.45, 7) is 0. The molecular formula is C9H8N4O4. The van der Waals surface area contributed by atoms with Crippen LogP contribution in [0.3, 0.4) is 0 Å². The molecule has 0 spiro atoms. The number of nitro benzene ring substituents is 1. The Hall–Kier alpha value is -2.64. The van der Waals surface area contributed by atoms with Crippen LogP contribution in [0.5, 0.6) is 0 Å². The Morgan fingerprint density at radius 3 is 2.88 bits per heavy atom. The van der Waals surface area contributed by atoms with Gasteiger partial charge >= 0.3 is 6.09 Å². The molecular weight excluding hydrogens is 228 g/mol. The van der Waals surface area contributed by atoms with Crippen molar-refractivity contribution < 1.29 is 14.8 Å². The lowest BCUT2D eigenvalue weighted by Gasteiger charge is -1.95. The summed E-state index contributed by atoms with van der Waals surface area (Å²) in [5, 5.41) is 25.7. The fraction of sp³-hybridized carbons (Fsp3) is 0.111. The van der Waals surface area contributed by atoms with Crippen LogP contribution in [0.1, 0.15) is 0 Å². The number of nitrogens with zero attached hydrogens (tertiary/aromatic N) is 3. The maximum Gasteiger partial charge on any atom is 0.410 e. The molecule has 8 heteroatoms. The largest absolute Gasteiger partial charge is 0.465 e. The maximum atomic E-state index is 10.6. The van der Waals surface area contributed by atoms with E-state index in [1.165, 1.54) is 22.9 Å². The number of non-ortho nitro benzene ring substituents is 1. The minimum Gasteiger partial charge on any atom is -0.465 e. The van der Waals surface area contributed by atoms with Gasteiger partial charge in [0.05, 0.1) is 15.8 Å². The molecule has 2 N–H and O–H groups in total. The average molecular weight is 236 g/mol. The molecule has 0 aliphatic carbocycles. The van der Waals surface area contributed by atoms with Crippen LogP contribution in [0.15, 0.2) is 18.2 Å². The third-order valence-electron chi connectivity index (χ3n) is 2.27. The van der Waals surface area contributed by atoms with E-state index in [-0.39, 0.29) is 11.5 Å². The van der Waals surface area contributed by atoms with Crippen LogP contribution in [0.2, 0.25) is 0 Å². The molecule has 0 fully saturated rings. The molecule has 1 heterocycles. The van der Waals surface area contributed by atoms with Gasteiger partial charge in [0.15, 0.2) is 5.82 Å². The first-order chi connectivity index (χ1) is 7.99. The summed E-state index contributed by atoms with van der Waals surface area (Å²) in [4.78, 5) is 20.6. The lowest BCUT2D eigenvalue weighted by Crippen LogP contribution is -2.08. The van der Waals surface area contributed by atoms with E-state index in [2.05, 4.69) is 10.4 Å². The van der Waals surface area contributed by atoms with Crippen molar-refractivity contribution in [2.24, 2.45) is 7.05 Å². The number of anilines is 1. The molecule has 1 aromatic heterocycles. The van der Waals surface area contributed by atoms with Gasteiger partial charge in [-0.2, -0.15) is 5.10 Å². The van der Waals surface area contributed by atoms with Gasteiger partial charge in [0.1, 0.15) is 0 Å². The van der Waals surface area contributed by atoms with Crippen LogP contribution >= 0.6 is 0 Å². The number of nitro groups is 1. The number of hydrogen-bond donors (Lipinski definition) is 2. The number of amides is 1. The maximum absolute atomic E-state index is 10.6. The Morgan fingerprint density at radius 2 is 2.29 bits per heavy atom. The normalized spacial score (nSPS) is 10.4. The number of hydrogen-bond acceptors (Lipinski definition) is 4. The molecule has 0 aliphatic heterocycles. The molecule has 0 radical (unpaired) electrons. The van der Waals surface area contributed by atoms with E-state index in [0.29, 0.717) is 10.9 Å². The lowest BCUT2D eigenvalue weighted by molar-refractivity contribution is -0.384. The zero-order valence-electron chi connectivity index (χ0n) is 8.75. The van der Waals surface area contributed by atoms with Gasteiger partial charge < -0.3 is 5.11 Å². The van der Waals surface area contributed by atoms with Crippen molar-refractivity contribution in [1.82, 2.24) is 9.78 Å². The van der Waals surface area contributed by atoms with Crippen molar-refractivity contribution in [3.05, 3.63) is 28.3 Å². The number of carbonyl (C=O) groups is 1. The molecule has 2 rings (SSSR count). The van der Waals surface area contributed by atoms with Gasteiger partial charge in [-0.25, -0.2) is 4.79 Å². The Balaban J connectivity index is 2.64. The Morgan fingerprint density at radius 1 is 1.59 bits per heavy atom. The Bertz CT molecular complexity index is 619. The summed E-state index contributed by atoms with van der Waals surface area (Å²) in [5.41, 5.74) is 0.498. The van der Waals surface area contributed by atoms with Gasteiger partial charge in [0, 0.05) is 19.2 Å².